The van der Waals surface area contributed by atoms with Crippen LogP contribution in [0.4, 0.5) is 11.4 Å². The number of anilines is 2. The van der Waals surface area contributed by atoms with Crippen LogP contribution in [0, 0.1) is 0 Å². The molecule has 4 rings (SSSR count). The molecule has 2 N–H and O–H groups in total. The van der Waals surface area contributed by atoms with Gasteiger partial charge in [-0.3, -0.25) is 19.3 Å². The Bertz CT molecular complexity index is 1110. The molecule has 7 nitrogen and oxygen atoms in total. The summed E-state index contributed by atoms with van der Waals surface area (Å²) in [5.74, 6) is 0.00981. The van der Waals surface area contributed by atoms with Crippen LogP contribution in [-0.4, -0.2) is 35.8 Å². The minimum Gasteiger partial charge on any atom is -0.497 e. The van der Waals surface area contributed by atoms with Crippen LogP contribution in [0.3, 0.4) is 0 Å². The quantitative estimate of drug-likeness (QED) is 0.560. The molecule has 1 atom stereocenters. The van der Waals surface area contributed by atoms with E-state index in [0.29, 0.717) is 22.7 Å². The highest BCUT2D eigenvalue weighted by molar-refractivity contribution is 6.07. The van der Waals surface area contributed by atoms with E-state index in [0.717, 1.165) is 5.56 Å². The molecular formula is C25H23N3O4. The maximum absolute atomic E-state index is 12.7. The fourth-order valence-electron chi connectivity index (χ4n) is 3.52. The number of carbonyl (C=O) groups excluding carboxylic acids is 3. The number of hydrogen-bond donors (Lipinski definition) is 2. The Hall–Kier alpha value is -4.13. The molecule has 1 saturated heterocycles. The van der Waals surface area contributed by atoms with E-state index in [2.05, 4.69) is 10.6 Å². The van der Waals surface area contributed by atoms with E-state index in [9.17, 15) is 14.4 Å². The van der Waals surface area contributed by atoms with Crippen molar-refractivity contribution in [3.8, 4) is 5.75 Å². The van der Waals surface area contributed by atoms with Gasteiger partial charge in [-0.25, -0.2) is 0 Å². The highest BCUT2D eigenvalue weighted by Gasteiger charge is 2.38. The van der Waals surface area contributed by atoms with Crippen molar-refractivity contribution >= 4 is 29.1 Å². The SMILES string of the molecule is COc1ccc(NC(=O)c2ccc(NC3CC(=O)N(Cc4ccccc4)C3=O)cc2)cc1. The molecule has 32 heavy (non-hydrogen) atoms. The first-order valence-electron chi connectivity index (χ1n) is 10.2. The van der Waals surface area contributed by atoms with Crippen LogP contribution >= 0.6 is 0 Å². The topological polar surface area (TPSA) is 87.7 Å². The molecule has 1 aliphatic heterocycles. The fraction of sp³-hybridized carbons (Fsp3) is 0.160. The third-order valence-electron chi connectivity index (χ3n) is 5.26. The van der Waals surface area contributed by atoms with Crippen molar-refractivity contribution < 1.29 is 19.1 Å². The summed E-state index contributed by atoms with van der Waals surface area (Å²) in [4.78, 5) is 38.8. The smallest absolute Gasteiger partial charge is 0.255 e. The maximum Gasteiger partial charge on any atom is 0.255 e. The summed E-state index contributed by atoms with van der Waals surface area (Å²) in [6, 6.07) is 22.6. The number of hydrogen-bond acceptors (Lipinski definition) is 5. The Morgan fingerprint density at radius 1 is 0.938 bits per heavy atom. The van der Waals surface area contributed by atoms with Crippen molar-refractivity contribution in [3.63, 3.8) is 0 Å². The molecule has 3 aromatic rings. The highest BCUT2D eigenvalue weighted by atomic mass is 16.5. The van der Waals surface area contributed by atoms with Gasteiger partial charge in [0.1, 0.15) is 11.8 Å². The number of benzene rings is 3. The predicted octanol–water partition coefficient (Wildman–Crippen LogP) is 3.69. The second-order valence-electron chi connectivity index (χ2n) is 7.46. The van der Waals surface area contributed by atoms with Gasteiger partial charge in [-0.1, -0.05) is 30.3 Å². The lowest BCUT2D eigenvalue weighted by Crippen LogP contribution is -2.34. The molecule has 162 valence electrons. The van der Waals surface area contributed by atoms with Gasteiger partial charge in [0.2, 0.25) is 5.91 Å². The third-order valence-corrected chi connectivity index (χ3v) is 5.26. The van der Waals surface area contributed by atoms with Crippen molar-refractivity contribution in [1.29, 1.82) is 0 Å². The maximum atomic E-state index is 12.7. The molecule has 0 radical (unpaired) electrons. The number of likely N-dealkylation sites (tertiary alicyclic amines) is 1. The number of carbonyl (C=O) groups is 3. The first-order valence-corrected chi connectivity index (χ1v) is 10.2. The van der Waals surface area contributed by atoms with Gasteiger partial charge in [0.15, 0.2) is 0 Å². The number of ether oxygens (including phenoxy) is 1. The minimum absolute atomic E-state index is 0.103. The zero-order valence-electron chi connectivity index (χ0n) is 17.6. The molecule has 1 heterocycles. The number of amides is 3. The molecule has 0 spiro atoms. The normalized spacial score (nSPS) is 15.5. The zero-order chi connectivity index (χ0) is 22.5. The molecule has 3 aromatic carbocycles. The Morgan fingerprint density at radius 2 is 1.59 bits per heavy atom. The van der Waals surface area contributed by atoms with Gasteiger partial charge >= 0.3 is 0 Å². The molecule has 1 unspecified atom stereocenters. The monoisotopic (exact) mass is 429 g/mol. The first kappa shape index (κ1) is 21.1. The Labute approximate surface area is 186 Å². The van der Waals surface area contributed by atoms with Gasteiger partial charge in [0, 0.05) is 16.9 Å². The van der Waals surface area contributed by atoms with Crippen LogP contribution in [-0.2, 0) is 16.1 Å². The summed E-state index contributed by atoms with van der Waals surface area (Å²) in [6.45, 7) is 0.265. The van der Waals surface area contributed by atoms with Crippen molar-refractivity contribution in [3.05, 3.63) is 90.0 Å². The number of methoxy groups -OCH3 is 1. The van der Waals surface area contributed by atoms with E-state index < -0.39 is 6.04 Å². The largest absolute Gasteiger partial charge is 0.497 e. The zero-order valence-corrected chi connectivity index (χ0v) is 17.6. The van der Waals surface area contributed by atoms with Crippen LogP contribution in [0.1, 0.15) is 22.3 Å². The molecule has 0 aromatic heterocycles. The summed E-state index contributed by atoms with van der Waals surface area (Å²) in [5.41, 5.74) is 2.71. The van der Waals surface area contributed by atoms with Crippen molar-refractivity contribution in [2.45, 2.75) is 19.0 Å². The van der Waals surface area contributed by atoms with Gasteiger partial charge in [0.05, 0.1) is 20.1 Å². The first-order chi connectivity index (χ1) is 15.5. The van der Waals surface area contributed by atoms with Crippen LogP contribution in [0.5, 0.6) is 5.75 Å². The molecule has 0 bridgehead atoms. The summed E-state index contributed by atoms with van der Waals surface area (Å²) in [5, 5.41) is 5.93. The number of nitrogens with zero attached hydrogens (tertiary/aromatic N) is 1. The number of nitrogens with one attached hydrogen (secondary N) is 2. The van der Waals surface area contributed by atoms with Crippen molar-refractivity contribution in [2.24, 2.45) is 0 Å². The second-order valence-corrected chi connectivity index (χ2v) is 7.46. The van der Waals surface area contributed by atoms with Crippen LogP contribution in [0.15, 0.2) is 78.9 Å². The van der Waals surface area contributed by atoms with E-state index in [1.165, 1.54) is 4.90 Å². The highest BCUT2D eigenvalue weighted by Crippen LogP contribution is 2.21. The molecule has 1 aliphatic rings. The third kappa shape index (κ3) is 4.78. The summed E-state index contributed by atoms with van der Waals surface area (Å²) in [7, 11) is 1.58. The van der Waals surface area contributed by atoms with E-state index in [1.807, 2.05) is 30.3 Å². The number of imide groups is 1. The van der Waals surface area contributed by atoms with Crippen LogP contribution in [0.25, 0.3) is 0 Å². The molecule has 0 aliphatic carbocycles. The Morgan fingerprint density at radius 3 is 2.25 bits per heavy atom. The van der Waals surface area contributed by atoms with Gasteiger partial charge in [-0.2, -0.15) is 0 Å². The summed E-state index contributed by atoms with van der Waals surface area (Å²) in [6.07, 6.45) is 0.103. The van der Waals surface area contributed by atoms with Crippen LogP contribution < -0.4 is 15.4 Å². The predicted molar refractivity (Wildman–Crippen MR) is 121 cm³/mol. The van der Waals surface area contributed by atoms with Gasteiger partial charge in [-0.05, 0) is 54.1 Å². The lowest BCUT2D eigenvalue weighted by molar-refractivity contribution is -0.139. The Balaban J connectivity index is 1.36. The van der Waals surface area contributed by atoms with E-state index >= 15 is 0 Å². The molecule has 3 amide bonds. The van der Waals surface area contributed by atoms with Gasteiger partial charge in [-0.15, -0.1) is 0 Å². The minimum atomic E-state index is -0.620. The van der Waals surface area contributed by atoms with Crippen LogP contribution in [0.2, 0.25) is 0 Å². The lowest BCUT2D eigenvalue weighted by Gasteiger charge is -2.16. The van der Waals surface area contributed by atoms with E-state index in [1.54, 1.807) is 55.6 Å². The molecule has 0 saturated carbocycles. The van der Waals surface area contributed by atoms with E-state index in [-0.39, 0.29) is 30.7 Å². The summed E-state index contributed by atoms with van der Waals surface area (Å²) < 4.78 is 5.11. The molecule has 1 fully saturated rings. The molecular weight excluding hydrogens is 406 g/mol. The average molecular weight is 429 g/mol. The standard InChI is InChI=1S/C25H23N3O4/c1-32-21-13-11-20(12-14-21)27-24(30)18-7-9-19(10-8-18)26-22-15-23(29)28(25(22)31)16-17-5-3-2-4-6-17/h2-14,22,26H,15-16H2,1H3,(H,27,30). The second kappa shape index (κ2) is 9.34. The van der Waals surface area contributed by atoms with Gasteiger partial charge < -0.3 is 15.4 Å². The average Bonchev–Trinajstić information content (AvgIpc) is 3.08. The Kier molecular flexibility index (Phi) is 6.17. The molecule has 7 heteroatoms. The summed E-state index contributed by atoms with van der Waals surface area (Å²) >= 11 is 0. The fourth-order valence-corrected chi connectivity index (χ4v) is 3.52. The van der Waals surface area contributed by atoms with Gasteiger partial charge in [0.25, 0.3) is 11.8 Å². The lowest BCUT2D eigenvalue weighted by atomic mass is 10.1. The van der Waals surface area contributed by atoms with Crippen molar-refractivity contribution in [1.82, 2.24) is 4.90 Å². The number of rotatable bonds is 7. The van der Waals surface area contributed by atoms with Crippen molar-refractivity contribution in [2.75, 3.05) is 17.7 Å². The van der Waals surface area contributed by atoms with E-state index in [4.69, 9.17) is 4.74 Å².